The summed E-state index contributed by atoms with van der Waals surface area (Å²) in [5.41, 5.74) is 1.47. The predicted molar refractivity (Wildman–Crippen MR) is 61.3 cm³/mol. The molecule has 1 N–H and O–H groups in total. The molecular formula is C11H9ClN2O2. The third-order valence-corrected chi connectivity index (χ3v) is 2.19. The number of amides is 1. The van der Waals surface area contributed by atoms with Gasteiger partial charge in [0.2, 0.25) is 11.8 Å². The van der Waals surface area contributed by atoms with Crippen LogP contribution in [0, 0.1) is 0 Å². The lowest BCUT2D eigenvalue weighted by Crippen LogP contribution is -2.12. The van der Waals surface area contributed by atoms with E-state index in [4.69, 9.17) is 16.0 Å². The highest BCUT2D eigenvalue weighted by atomic mass is 35.5. The van der Waals surface area contributed by atoms with E-state index in [1.807, 2.05) is 12.1 Å². The maximum Gasteiger partial charge on any atom is 0.239 e. The molecule has 16 heavy (non-hydrogen) atoms. The summed E-state index contributed by atoms with van der Waals surface area (Å²) >= 11 is 5.40. The van der Waals surface area contributed by atoms with Crippen LogP contribution in [0.2, 0.25) is 0 Å². The molecule has 1 amide bonds. The van der Waals surface area contributed by atoms with Crippen LogP contribution < -0.4 is 5.32 Å². The molecule has 0 aliphatic rings. The molecule has 0 saturated heterocycles. The summed E-state index contributed by atoms with van der Waals surface area (Å²) < 4.78 is 5.16. The number of benzene rings is 1. The Morgan fingerprint density at radius 3 is 3.06 bits per heavy atom. The Morgan fingerprint density at radius 1 is 1.50 bits per heavy atom. The number of aromatic nitrogens is 1. The molecule has 1 aromatic carbocycles. The van der Waals surface area contributed by atoms with Crippen LogP contribution in [-0.4, -0.2) is 16.8 Å². The van der Waals surface area contributed by atoms with Gasteiger partial charge in [-0.1, -0.05) is 6.07 Å². The Labute approximate surface area is 97.2 Å². The van der Waals surface area contributed by atoms with Crippen LogP contribution in [0.3, 0.4) is 0 Å². The van der Waals surface area contributed by atoms with E-state index in [2.05, 4.69) is 10.3 Å². The molecule has 4 nitrogen and oxygen atoms in total. The second-order valence-electron chi connectivity index (χ2n) is 3.10. The maximum absolute atomic E-state index is 11.1. The van der Waals surface area contributed by atoms with Gasteiger partial charge in [0.25, 0.3) is 0 Å². The third-order valence-electron chi connectivity index (χ3n) is 1.95. The number of nitrogens with one attached hydrogen (secondary N) is 1. The lowest BCUT2D eigenvalue weighted by atomic mass is 10.2. The summed E-state index contributed by atoms with van der Waals surface area (Å²) in [5.74, 6) is 0.205. The minimum absolute atomic E-state index is 0.0662. The average molecular weight is 237 g/mol. The van der Waals surface area contributed by atoms with Crippen LogP contribution in [0.1, 0.15) is 0 Å². The lowest BCUT2D eigenvalue weighted by molar-refractivity contribution is -0.113. The molecule has 0 fully saturated rings. The number of carbonyl (C=O) groups is 1. The van der Waals surface area contributed by atoms with Crippen molar-refractivity contribution in [1.29, 1.82) is 0 Å². The van der Waals surface area contributed by atoms with Gasteiger partial charge in [0.1, 0.15) is 12.1 Å². The molecule has 0 aliphatic carbocycles. The van der Waals surface area contributed by atoms with E-state index in [1.165, 1.54) is 6.26 Å². The number of oxazole rings is 1. The van der Waals surface area contributed by atoms with Crippen molar-refractivity contribution in [3.05, 3.63) is 36.7 Å². The van der Waals surface area contributed by atoms with Gasteiger partial charge in [-0.2, -0.15) is 0 Å². The van der Waals surface area contributed by atoms with Crippen molar-refractivity contribution in [3.8, 4) is 11.5 Å². The van der Waals surface area contributed by atoms with E-state index >= 15 is 0 Å². The van der Waals surface area contributed by atoms with Crippen LogP contribution in [-0.2, 0) is 4.79 Å². The zero-order valence-corrected chi connectivity index (χ0v) is 9.07. The molecule has 0 radical (unpaired) electrons. The monoisotopic (exact) mass is 236 g/mol. The Bertz CT molecular complexity index is 482. The minimum atomic E-state index is -0.244. The van der Waals surface area contributed by atoms with Crippen molar-refractivity contribution in [3.63, 3.8) is 0 Å². The number of hydrogen-bond acceptors (Lipinski definition) is 3. The van der Waals surface area contributed by atoms with Crippen molar-refractivity contribution >= 4 is 23.2 Å². The minimum Gasteiger partial charge on any atom is -0.445 e. The Hall–Kier alpha value is -1.81. The van der Waals surface area contributed by atoms with Crippen molar-refractivity contribution in [2.45, 2.75) is 0 Å². The second kappa shape index (κ2) is 4.81. The zero-order chi connectivity index (χ0) is 11.4. The van der Waals surface area contributed by atoms with Crippen LogP contribution in [0.25, 0.3) is 11.5 Å². The highest BCUT2D eigenvalue weighted by Gasteiger charge is 2.04. The van der Waals surface area contributed by atoms with Gasteiger partial charge < -0.3 is 9.73 Å². The highest BCUT2D eigenvalue weighted by Crippen LogP contribution is 2.20. The summed E-state index contributed by atoms with van der Waals surface area (Å²) in [6, 6.07) is 7.21. The zero-order valence-electron chi connectivity index (χ0n) is 8.31. The summed E-state index contributed by atoms with van der Waals surface area (Å²) in [6.45, 7) is 0. The first-order valence-corrected chi connectivity index (χ1v) is 5.19. The summed E-state index contributed by atoms with van der Waals surface area (Å²) in [6.07, 6.45) is 3.07. The van der Waals surface area contributed by atoms with Crippen molar-refractivity contribution in [2.24, 2.45) is 0 Å². The van der Waals surface area contributed by atoms with E-state index in [1.54, 1.807) is 18.3 Å². The van der Waals surface area contributed by atoms with Gasteiger partial charge in [0.15, 0.2) is 0 Å². The molecule has 2 aromatic rings. The van der Waals surface area contributed by atoms with Gasteiger partial charge in [-0.25, -0.2) is 4.98 Å². The summed E-state index contributed by atoms with van der Waals surface area (Å²) in [7, 11) is 0. The van der Waals surface area contributed by atoms with Gasteiger partial charge >= 0.3 is 0 Å². The van der Waals surface area contributed by atoms with E-state index < -0.39 is 0 Å². The molecule has 0 unspecified atom stereocenters. The number of anilines is 1. The van der Waals surface area contributed by atoms with Crippen LogP contribution in [0.4, 0.5) is 5.69 Å². The van der Waals surface area contributed by atoms with Crippen LogP contribution in [0.15, 0.2) is 41.1 Å². The molecule has 1 heterocycles. The Morgan fingerprint density at radius 2 is 2.38 bits per heavy atom. The molecule has 0 atom stereocenters. The van der Waals surface area contributed by atoms with E-state index in [0.717, 1.165) is 5.56 Å². The normalized spacial score (nSPS) is 10.1. The smallest absolute Gasteiger partial charge is 0.239 e. The lowest BCUT2D eigenvalue weighted by Gasteiger charge is -2.03. The van der Waals surface area contributed by atoms with Gasteiger partial charge in [0, 0.05) is 11.3 Å². The average Bonchev–Trinajstić information content (AvgIpc) is 2.83. The van der Waals surface area contributed by atoms with Gasteiger partial charge in [-0.05, 0) is 18.2 Å². The molecular weight excluding hydrogens is 228 g/mol. The Balaban J connectivity index is 2.23. The van der Waals surface area contributed by atoms with E-state index in [9.17, 15) is 4.79 Å². The molecule has 1 aromatic heterocycles. The summed E-state index contributed by atoms with van der Waals surface area (Å²) in [4.78, 5) is 15.1. The highest BCUT2D eigenvalue weighted by molar-refractivity contribution is 6.29. The van der Waals surface area contributed by atoms with Gasteiger partial charge in [-0.15, -0.1) is 11.6 Å². The van der Waals surface area contributed by atoms with Gasteiger partial charge in [-0.3, -0.25) is 4.79 Å². The number of hydrogen-bond donors (Lipinski definition) is 1. The molecule has 5 heteroatoms. The van der Waals surface area contributed by atoms with Crippen molar-refractivity contribution in [1.82, 2.24) is 4.98 Å². The first-order valence-electron chi connectivity index (χ1n) is 4.65. The third kappa shape index (κ3) is 2.41. The number of nitrogens with zero attached hydrogens (tertiary/aromatic N) is 1. The van der Waals surface area contributed by atoms with E-state index in [-0.39, 0.29) is 11.8 Å². The fourth-order valence-corrected chi connectivity index (χ4v) is 1.36. The number of halogens is 1. The molecule has 0 saturated carbocycles. The maximum atomic E-state index is 11.1. The topological polar surface area (TPSA) is 55.1 Å². The predicted octanol–water partition coefficient (Wildman–Crippen LogP) is 2.52. The van der Waals surface area contributed by atoms with Crippen LogP contribution in [0.5, 0.6) is 0 Å². The molecule has 2 rings (SSSR count). The fraction of sp³-hybridized carbons (Fsp3) is 0.0909. The number of alkyl halides is 1. The first kappa shape index (κ1) is 10.7. The molecule has 0 aliphatic heterocycles. The fourth-order valence-electron chi connectivity index (χ4n) is 1.29. The molecule has 0 bridgehead atoms. The van der Waals surface area contributed by atoms with Gasteiger partial charge in [0.05, 0.1) is 6.20 Å². The Kier molecular flexibility index (Phi) is 3.22. The quantitative estimate of drug-likeness (QED) is 0.834. The summed E-state index contributed by atoms with van der Waals surface area (Å²) in [5, 5.41) is 2.65. The standard InChI is InChI=1S/C11H9ClN2O2/c12-7-10(15)14-9-3-1-2-8(6-9)11-13-4-5-16-11/h1-6H,7H2,(H,14,15). The molecule has 82 valence electrons. The number of rotatable bonds is 3. The molecule has 0 spiro atoms. The van der Waals surface area contributed by atoms with Crippen LogP contribution >= 0.6 is 11.6 Å². The first-order chi connectivity index (χ1) is 7.79. The largest absolute Gasteiger partial charge is 0.445 e. The van der Waals surface area contributed by atoms with Crippen molar-refractivity contribution in [2.75, 3.05) is 11.2 Å². The van der Waals surface area contributed by atoms with E-state index in [0.29, 0.717) is 11.6 Å². The SMILES string of the molecule is O=C(CCl)Nc1cccc(-c2ncco2)c1. The second-order valence-corrected chi connectivity index (χ2v) is 3.37. The number of carbonyl (C=O) groups excluding carboxylic acids is 1. The van der Waals surface area contributed by atoms with Crippen molar-refractivity contribution < 1.29 is 9.21 Å².